The number of nitrogen functional groups attached to an aromatic ring is 1. The number of anilines is 2. The Labute approximate surface area is 109 Å². The zero-order chi connectivity index (χ0) is 13.4. The first-order chi connectivity index (χ1) is 8.67. The van der Waals surface area contributed by atoms with Crippen molar-refractivity contribution in [2.24, 2.45) is 5.84 Å². The summed E-state index contributed by atoms with van der Waals surface area (Å²) in [6.45, 7) is 0.659. The van der Waals surface area contributed by atoms with E-state index in [0.29, 0.717) is 18.9 Å². The van der Waals surface area contributed by atoms with Gasteiger partial charge < -0.3 is 20.2 Å². The third-order valence-corrected chi connectivity index (χ3v) is 2.02. The third-order valence-electron chi connectivity index (χ3n) is 1.84. The third kappa shape index (κ3) is 4.80. The van der Waals surface area contributed by atoms with Gasteiger partial charge in [-0.1, -0.05) is 0 Å². The summed E-state index contributed by atoms with van der Waals surface area (Å²) in [7, 11) is 1.55. The normalized spacial score (nSPS) is 10.2. The van der Waals surface area contributed by atoms with E-state index in [2.05, 4.69) is 20.7 Å². The Balaban J connectivity index is 2.48. The van der Waals surface area contributed by atoms with Crippen LogP contribution in [0, 0.1) is 0 Å². The average molecular weight is 276 g/mol. The summed E-state index contributed by atoms with van der Waals surface area (Å²) in [6.07, 6.45) is 1.34. The van der Waals surface area contributed by atoms with Crippen LogP contribution in [0.15, 0.2) is 6.20 Å². The van der Waals surface area contributed by atoms with Gasteiger partial charge in [-0.25, -0.2) is 10.8 Å². The topological polar surface area (TPSA) is 111 Å². The van der Waals surface area contributed by atoms with E-state index in [1.165, 1.54) is 6.20 Å². The molecule has 1 heterocycles. The van der Waals surface area contributed by atoms with Crippen LogP contribution in [0.2, 0.25) is 5.28 Å². The van der Waals surface area contributed by atoms with Gasteiger partial charge in [-0.2, -0.15) is 4.98 Å². The summed E-state index contributed by atoms with van der Waals surface area (Å²) >= 11 is 5.58. The molecule has 8 nitrogen and oxygen atoms in total. The highest BCUT2D eigenvalue weighted by Gasteiger charge is 2.09. The molecule has 100 valence electrons. The number of nitrogens with one attached hydrogen (secondary N) is 2. The number of halogens is 1. The molecule has 0 atom stereocenters. The summed E-state index contributed by atoms with van der Waals surface area (Å²) in [5.41, 5.74) is 2.63. The SMILES string of the molecule is COCCOCC(=O)Nc1cnc(Cl)nc1NN. The van der Waals surface area contributed by atoms with Gasteiger partial charge in [0.15, 0.2) is 5.82 Å². The Bertz CT molecular complexity index is 404. The molecule has 4 N–H and O–H groups in total. The lowest BCUT2D eigenvalue weighted by atomic mass is 10.4. The van der Waals surface area contributed by atoms with E-state index in [-0.39, 0.29) is 23.6 Å². The van der Waals surface area contributed by atoms with Crippen molar-refractivity contribution < 1.29 is 14.3 Å². The fourth-order valence-corrected chi connectivity index (χ4v) is 1.19. The zero-order valence-electron chi connectivity index (χ0n) is 9.77. The summed E-state index contributed by atoms with van der Waals surface area (Å²) in [5.74, 6) is 5.11. The molecule has 1 rings (SSSR count). The standard InChI is InChI=1S/C9H14ClN5O3/c1-17-2-3-18-5-7(16)13-6-4-12-9(10)14-8(6)15-11/h4H,2-3,5,11H2,1H3,(H,13,16)(H,12,14,15). The van der Waals surface area contributed by atoms with Crippen molar-refractivity contribution in [1.29, 1.82) is 0 Å². The van der Waals surface area contributed by atoms with Crippen molar-refractivity contribution in [3.63, 3.8) is 0 Å². The molecule has 0 radical (unpaired) electrons. The van der Waals surface area contributed by atoms with Gasteiger partial charge in [-0.05, 0) is 11.6 Å². The molecule has 1 aromatic rings. The van der Waals surface area contributed by atoms with Crippen LogP contribution in [0.1, 0.15) is 0 Å². The first-order valence-corrected chi connectivity index (χ1v) is 5.41. The molecule has 1 aromatic heterocycles. The van der Waals surface area contributed by atoms with Crippen molar-refractivity contribution in [2.75, 3.05) is 37.7 Å². The number of aromatic nitrogens is 2. The van der Waals surface area contributed by atoms with Crippen LogP contribution < -0.4 is 16.6 Å². The van der Waals surface area contributed by atoms with Crippen LogP contribution in [0.3, 0.4) is 0 Å². The molecule has 0 aliphatic rings. The molecular formula is C9H14ClN5O3. The van der Waals surface area contributed by atoms with Crippen LogP contribution in [0.25, 0.3) is 0 Å². The number of carbonyl (C=O) groups is 1. The number of amides is 1. The Hall–Kier alpha value is -1.48. The lowest BCUT2D eigenvalue weighted by Gasteiger charge is -2.09. The second-order valence-electron chi connectivity index (χ2n) is 3.14. The molecule has 0 fully saturated rings. The predicted octanol–water partition coefficient (Wildman–Crippen LogP) is 0.0171. The highest BCUT2D eigenvalue weighted by atomic mass is 35.5. The second kappa shape index (κ2) is 7.77. The van der Waals surface area contributed by atoms with Crippen molar-refractivity contribution in [3.8, 4) is 0 Å². The van der Waals surface area contributed by atoms with Crippen LogP contribution in [0.5, 0.6) is 0 Å². The van der Waals surface area contributed by atoms with Gasteiger partial charge in [-0.3, -0.25) is 4.79 Å². The molecule has 0 bridgehead atoms. The number of hydrogen-bond acceptors (Lipinski definition) is 7. The van der Waals surface area contributed by atoms with E-state index in [4.69, 9.17) is 26.9 Å². The quantitative estimate of drug-likeness (QED) is 0.278. The van der Waals surface area contributed by atoms with E-state index in [0.717, 1.165) is 0 Å². The number of hydrogen-bond donors (Lipinski definition) is 3. The maximum Gasteiger partial charge on any atom is 0.250 e. The maximum absolute atomic E-state index is 11.5. The monoisotopic (exact) mass is 275 g/mol. The Morgan fingerprint density at radius 2 is 2.33 bits per heavy atom. The van der Waals surface area contributed by atoms with E-state index in [9.17, 15) is 4.79 Å². The number of rotatable bonds is 7. The fourth-order valence-electron chi connectivity index (χ4n) is 1.06. The molecule has 0 spiro atoms. The number of hydrazine groups is 1. The molecule has 1 amide bonds. The lowest BCUT2D eigenvalue weighted by Crippen LogP contribution is -2.21. The van der Waals surface area contributed by atoms with E-state index in [1.54, 1.807) is 7.11 Å². The van der Waals surface area contributed by atoms with Crippen molar-refractivity contribution >= 4 is 29.0 Å². The molecule has 0 aliphatic carbocycles. The second-order valence-corrected chi connectivity index (χ2v) is 3.48. The number of nitrogens with two attached hydrogens (primary N) is 1. The molecule has 0 saturated heterocycles. The maximum atomic E-state index is 11.5. The van der Waals surface area contributed by atoms with Gasteiger partial charge in [0.25, 0.3) is 5.91 Å². The molecular weight excluding hydrogens is 262 g/mol. The van der Waals surface area contributed by atoms with Gasteiger partial charge in [0, 0.05) is 7.11 Å². The summed E-state index contributed by atoms with van der Waals surface area (Å²) < 4.78 is 9.82. The van der Waals surface area contributed by atoms with Crippen LogP contribution >= 0.6 is 11.6 Å². The van der Waals surface area contributed by atoms with Crippen molar-refractivity contribution in [2.45, 2.75) is 0 Å². The number of methoxy groups -OCH3 is 1. The first kappa shape index (κ1) is 14.6. The lowest BCUT2D eigenvalue weighted by molar-refractivity contribution is -0.121. The van der Waals surface area contributed by atoms with Crippen LogP contribution in [0.4, 0.5) is 11.5 Å². The Morgan fingerprint density at radius 1 is 1.56 bits per heavy atom. The number of ether oxygens (including phenoxy) is 2. The molecule has 0 saturated carbocycles. The summed E-state index contributed by atoms with van der Waals surface area (Å²) in [4.78, 5) is 19.0. The van der Waals surface area contributed by atoms with Gasteiger partial charge in [0.2, 0.25) is 5.28 Å². The Kier molecular flexibility index (Phi) is 6.29. The largest absolute Gasteiger partial charge is 0.382 e. The minimum atomic E-state index is -0.353. The van der Waals surface area contributed by atoms with Crippen LogP contribution in [-0.4, -0.2) is 42.8 Å². The van der Waals surface area contributed by atoms with Gasteiger partial charge >= 0.3 is 0 Å². The molecule has 0 unspecified atom stereocenters. The summed E-state index contributed by atoms with van der Waals surface area (Å²) in [6, 6.07) is 0. The number of nitrogens with zero attached hydrogens (tertiary/aromatic N) is 2. The first-order valence-electron chi connectivity index (χ1n) is 5.03. The van der Waals surface area contributed by atoms with E-state index < -0.39 is 0 Å². The molecule has 0 aliphatic heterocycles. The summed E-state index contributed by atoms with van der Waals surface area (Å²) in [5, 5.41) is 2.56. The van der Waals surface area contributed by atoms with Gasteiger partial charge in [0.05, 0.1) is 19.4 Å². The molecule has 0 aromatic carbocycles. The molecule has 18 heavy (non-hydrogen) atoms. The number of carbonyl (C=O) groups excluding carboxylic acids is 1. The average Bonchev–Trinajstić information content (AvgIpc) is 2.37. The van der Waals surface area contributed by atoms with E-state index in [1.807, 2.05) is 0 Å². The van der Waals surface area contributed by atoms with Crippen LogP contribution in [-0.2, 0) is 14.3 Å². The highest BCUT2D eigenvalue weighted by molar-refractivity contribution is 6.28. The van der Waals surface area contributed by atoms with Gasteiger partial charge in [-0.15, -0.1) is 0 Å². The minimum absolute atomic E-state index is 0.0253. The molecule has 9 heteroatoms. The van der Waals surface area contributed by atoms with E-state index >= 15 is 0 Å². The smallest absolute Gasteiger partial charge is 0.250 e. The van der Waals surface area contributed by atoms with Gasteiger partial charge in [0.1, 0.15) is 12.3 Å². The van der Waals surface area contributed by atoms with Crippen molar-refractivity contribution in [3.05, 3.63) is 11.5 Å². The predicted molar refractivity (Wildman–Crippen MR) is 66.2 cm³/mol. The minimum Gasteiger partial charge on any atom is -0.382 e. The Morgan fingerprint density at radius 3 is 3.00 bits per heavy atom. The van der Waals surface area contributed by atoms with Crippen molar-refractivity contribution in [1.82, 2.24) is 9.97 Å². The zero-order valence-corrected chi connectivity index (χ0v) is 10.5. The highest BCUT2D eigenvalue weighted by Crippen LogP contribution is 2.18. The fraction of sp³-hybridized carbons (Fsp3) is 0.444.